The lowest BCUT2D eigenvalue weighted by Gasteiger charge is -2.31. The summed E-state index contributed by atoms with van der Waals surface area (Å²) in [5.74, 6) is 2.07. The predicted octanol–water partition coefficient (Wildman–Crippen LogP) is 3.57. The second-order valence-corrected chi connectivity index (χ2v) is 6.70. The molecule has 0 radical (unpaired) electrons. The van der Waals surface area contributed by atoms with Crippen LogP contribution in [0.15, 0.2) is 27.9 Å². The predicted molar refractivity (Wildman–Crippen MR) is 98.7 cm³/mol. The van der Waals surface area contributed by atoms with E-state index in [1.165, 1.54) is 0 Å². The summed E-state index contributed by atoms with van der Waals surface area (Å²) in [7, 11) is 4.73. The van der Waals surface area contributed by atoms with Gasteiger partial charge in [0.25, 0.3) is 0 Å². The number of aryl methyl sites for hydroxylation is 1. The third kappa shape index (κ3) is 2.65. The van der Waals surface area contributed by atoms with Gasteiger partial charge in [0.1, 0.15) is 0 Å². The van der Waals surface area contributed by atoms with Gasteiger partial charge < -0.3 is 24.1 Å². The minimum atomic E-state index is -0.288. The van der Waals surface area contributed by atoms with Crippen LogP contribution in [-0.2, 0) is 4.79 Å². The van der Waals surface area contributed by atoms with E-state index in [-0.39, 0.29) is 11.7 Å². The van der Waals surface area contributed by atoms with Gasteiger partial charge in [0, 0.05) is 23.6 Å². The van der Waals surface area contributed by atoms with Crippen LogP contribution in [0.1, 0.15) is 42.0 Å². The highest BCUT2D eigenvalue weighted by atomic mass is 16.5. The zero-order chi connectivity index (χ0) is 19.1. The van der Waals surface area contributed by atoms with E-state index in [4.69, 9.17) is 18.7 Å². The minimum Gasteiger partial charge on any atom is -0.493 e. The average molecular weight is 370 g/mol. The van der Waals surface area contributed by atoms with Gasteiger partial charge in [0.05, 0.1) is 32.6 Å². The molecule has 1 aliphatic heterocycles. The first-order valence-corrected chi connectivity index (χ1v) is 8.88. The second kappa shape index (κ2) is 6.64. The maximum Gasteiger partial charge on any atom is 0.233 e. The number of Topliss-reactive ketones (excluding diaryl/α,β-unsaturated/α-hetero) is 1. The molecule has 0 saturated heterocycles. The van der Waals surface area contributed by atoms with Gasteiger partial charge in [-0.1, -0.05) is 5.16 Å². The summed E-state index contributed by atoms with van der Waals surface area (Å²) in [6, 6.07) is 3.78. The molecule has 0 fully saturated rings. The van der Waals surface area contributed by atoms with Crippen molar-refractivity contribution < 1.29 is 23.5 Å². The number of rotatable bonds is 4. The molecular formula is C20H22N2O5. The molecule has 0 spiro atoms. The molecule has 1 atom stereocenters. The summed E-state index contributed by atoms with van der Waals surface area (Å²) in [6.07, 6.45) is 2.18. The lowest BCUT2D eigenvalue weighted by atomic mass is 9.76. The Morgan fingerprint density at radius 2 is 1.81 bits per heavy atom. The normalized spacial score (nSPS) is 18.5. The molecule has 7 heteroatoms. The molecule has 142 valence electrons. The number of anilines is 1. The van der Waals surface area contributed by atoms with Gasteiger partial charge in [-0.3, -0.25) is 4.79 Å². The third-order valence-electron chi connectivity index (χ3n) is 5.23. The third-order valence-corrected chi connectivity index (χ3v) is 5.23. The monoisotopic (exact) mass is 370 g/mol. The van der Waals surface area contributed by atoms with Gasteiger partial charge >= 0.3 is 0 Å². The quantitative estimate of drug-likeness (QED) is 0.881. The maximum atomic E-state index is 12.9. The number of hydrogen-bond donors (Lipinski definition) is 1. The number of nitrogens with one attached hydrogen (secondary N) is 1. The number of ether oxygens (including phenoxy) is 3. The van der Waals surface area contributed by atoms with E-state index >= 15 is 0 Å². The molecule has 0 unspecified atom stereocenters. The molecule has 0 amide bonds. The van der Waals surface area contributed by atoms with Crippen molar-refractivity contribution in [1.29, 1.82) is 0 Å². The number of hydrogen-bond acceptors (Lipinski definition) is 7. The van der Waals surface area contributed by atoms with Crippen molar-refractivity contribution >= 4 is 11.7 Å². The highest BCUT2D eigenvalue weighted by molar-refractivity contribution is 6.01. The molecule has 1 aromatic carbocycles. The number of carbonyl (C=O) groups is 1. The largest absolute Gasteiger partial charge is 0.493 e. The van der Waals surface area contributed by atoms with E-state index in [1.807, 2.05) is 19.1 Å². The zero-order valence-electron chi connectivity index (χ0n) is 15.8. The van der Waals surface area contributed by atoms with Gasteiger partial charge in [0.2, 0.25) is 11.6 Å². The summed E-state index contributed by atoms with van der Waals surface area (Å²) in [6.45, 7) is 1.88. The van der Waals surface area contributed by atoms with Crippen molar-refractivity contribution in [1.82, 2.24) is 5.16 Å². The molecule has 2 heterocycles. The SMILES string of the molecule is COc1cc([C@H]2C3=C(CCCC3=O)Nc3onc(C)c32)cc(OC)c1OC. The zero-order valence-corrected chi connectivity index (χ0v) is 15.8. The average Bonchev–Trinajstić information content (AvgIpc) is 3.06. The number of fused-ring (bicyclic) bond motifs is 1. The summed E-state index contributed by atoms with van der Waals surface area (Å²) in [4.78, 5) is 12.9. The van der Waals surface area contributed by atoms with Gasteiger partial charge in [-0.2, -0.15) is 0 Å². The molecular weight excluding hydrogens is 348 g/mol. The van der Waals surface area contributed by atoms with Crippen LogP contribution in [0.4, 0.5) is 5.88 Å². The summed E-state index contributed by atoms with van der Waals surface area (Å²) < 4.78 is 21.9. The van der Waals surface area contributed by atoms with Gasteiger partial charge in [0.15, 0.2) is 17.3 Å². The smallest absolute Gasteiger partial charge is 0.233 e. The van der Waals surface area contributed by atoms with Crippen LogP contribution in [0.3, 0.4) is 0 Å². The van der Waals surface area contributed by atoms with E-state index in [1.54, 1.807) is 21.3 Å². The van der Waals surface area contributed by atoms with Crippen LogP contribution in [0.5, 0.6) is 17.2 Å². The molecule has 7 nitrogen and oxygen atoms in total. The Morgan fingerprint density at radius 1 is 1.11 bits per heavy atom. The molecule has 0 bridgehead atoms. The Labute approximate surface area is 157 Å². The Bertz CT molecular complexity index is 919. The first kappa shape index (κ1) is 17.5. The van der Waals surface area contributed by atoms with Crippen molar-refractivity contribution in [2.24, 2.45) is 0 Å². The molecule has 1 N–H and O–H groups in total. The Morgan fingerprint density at radius 3 is 2.44 bits per heavy atom. The topological polar surface area (TPSA) is 82.8 Å². The number of carbonyl (C=O) groups excluding carboxylic acids is 1. The van der Waals surface area contributed by atoms with Crippen LogP contribution < -0.4 is 19.5 Å². The van der Waals surface area contributed by atoms with Crippen LogP contribution in [-0.4, -0.2) is 32.3 Å². The first-order chi connectivity index (χ1) is 13.1. The fraction of sp³-hybridized carbons (Fsp3) is 0.400. The lowest BCUT2D eigenvalue weighted by molar-refractivity contribution is -0.116. The van der Waals surface area contributed by atoms with Gasteiger partial charge in [-0.05, 0) is 37.5 Å². The van der Waals surface area contributed by atoms with Crippen molar-refractivity contribution in [2.45, 2.75) is 32.1 Å². The van der Waals surface area contributed by atoms with E-state index in [0.717, 1.165) is 40.9 Å². The van der Waals surface area contributed by atoms with E-state index < -0.39 is 0 Å². The van der Waals surface area contributed by atoms with Gasteiger partial charge in [-0.15, -0.1) is 0 Å². The highest BCUT2D eigenvalue weighted by Crippen LogP contribution is 2.49. The fourth-order valence-corrected chi connectivity index (χ4v) is 4.02. The van der Waals surface area contributed by atoms with Crippen LogP contribution in [0.2, 0.25) is 0 Å². The first-order valence-electron chi connectivity index (χ1n) is 8.88. The molecule has 4 rings (SSSR count). The summed E-state index contributed by atoms with van der Waals surface area (Å²) in [5.41, 5.74) is 4.18. The van der Waals surface area contributed by atoms with E-state index in [2.05, 4.69) is 10.5 Å². The number of allylic oxidation sites excluding steroid dienone is 2. The Kier molecular flexibility index (Phi) is 4.30. The van der Waals surface area contributed by atoms with Crippen LogP contribution in [0, 0.1) is 6.92 Å². The number of nitrogens with zero attached hydrogens (tertiary/aromatic N) is 1. The molecule has 0 saturated carbocycles. The van der Waals surface area contributed by atoms with Crippen LogP contribution >= 0.6 is 0 Å². The second-order valence-electron chi connectivity index (χ2n) is 6.70. The molecule has 1 aromatic heterocycles. The number of benzene rings is 1. The summed E-state index contributed by atoms with van der Waals surface area (Å²) >= 11 is 0. The number of ketones is 1. The summed E-state index contributed by atoms with van der Waals surface area (Å²) in [5, 5.41) is 7.39. The van der Waals surface area contributed by atoms with Crippen molar-refractivity contribution in [3.05, 3.63) is 40.2 Å². The Hall–Kier alpha value is -2.96. The highest BCUT2D eigenvalue weighted by Gasteiger charge is 2.39. The van der Waals surface area contributed by atoms with Gasteiger partial charge in [-0.25, -0.2) is 0 Å². The molecule has 27 heavy (non-hydrogen) atoms. The molecule has 2 aliphatic rings. The van der Waals surface area contributed by atoms with Crippen molar-refractivity contribution in [2.75, 3.05) is 26.6 Å². The van der Waals surface area contributed by atoms with Crippen molar-refractivity contribution in [3.8, 4) is 17.2 Å². The lowest BCUT2D eigenvalue weighted by Crippen LogP contribution is -2.26. The standard InChI is InChI=1S/C20H22N2O5/c1-10-16-17(11-8-14(24-2)19(26-4)15(9-11)25-3)18-12(6-5-7-13(18)23)21-20(16)27-22-10/h8-9,17,21H,5-7H2,1-4H3/t17-/m1/s1. The van der Waals surface area contributed by atoms with E-state index in [0.29, 0.717) is 29.6 Å². The molecule has 1 aliphatic carbocycles. The molecule has 2 aromatic rings. The van der Waals surface area contributed by atoms with E-state index in [9.17, 15) is 4.79 Å². The fourth-order valence-electron chi connectivity index (χ4n) is 4.02. The maximum absolute atomic E-state index is 12.9. The van der Waals surface area contributed by atoms with Crippen LogP contribution in [0.25, 0.3) is 0 Å². The minimum absolute atomic E-state index is 0.147. The number of aromatic nitrogens is 1. The van der Waals surface area contributed by atoms with Crippen molar-refractivity contribution in [3.63, 3.8) is 0 Å². The Balaban J connectivity index is 1.97. The number of methoxy groups -OCH3 is 3.